The molecular formula is C17H22ClN5O3. The fourth-order valence-electron chi connectivity index (χ4n) is 3.12. The Morgan fingerprint density at radius 2 is 1.92 bits per heavy atom. The van der Waals surface area contributed by atoms with Crippen molar-refractivity contribution >= 4 is 23.4 Å². The van der Waals surface area contributed by atoms with Gasteiger partial charge < -0.3 is 20.1 Å². The third-order valence-electron chi connectivity index (χ3n) is 4.36. The lowest BCUT2D eigenvalue weighted by Crippen LogP contribution is -2.46. The van der Waals surface area contributed by atoms with Crippen molar-refractivity contribution in [1.29, 1.82) is 0 Å². The lowest BCUT2D eigenvalue weighted by molar-refractivity contribution is 0.244. The minimum atomic E-state index is -0.245. The van der Waals surface area contributed by atoms with E-state index in [1.807, 2.05) is 6.07 Å². The molecule has 0 spiro atoms. The van der Waals surface area contributed by atoms with Crippen molar-refractivity contribution in [2.45, 2.75) is 6.54 Å². The molecule has 1 saturated heterocycles. The fraction of sp³-hybridized carbons (Fsp3) is 0.412. The summed E-state index contributed by atoms with van der Waals surface area (Å²) >= 11 is 6.19. The Balaban J connectivity index is 1.69. The molecule has 8 nitrogen and oxygen atoms in total. The molecule has 3 N–H and O–H groups in total. The molecule has 1 aliphatic heterocycles. The van der Waals surface area contributed by atoms with Crippen LogP contribution in [-0.4, -0.2) is 55.3 Å². The number of aromatic amines is 1. The molecule has 0 aliphatic carbocycles. The molecule has 0 amide bonds. The van der Waals surface area contributed by atoms with Crippen molar-refractivity contribution in [2.24, 2.45) is 0 Å². The van der Waals surface area contributed by atoms with Gasteiger partial charge in [-0.05, 0) is 6.07 Å². The highest BCUT2D eigenvalue weighted by molar-refractivity contribution is 6.30. The van der Waals surface area contributed by atoms with Gasteiger partial charge in [0.15, 0.2) is 11.5 Å². The summed E-state index contributed by atoms with van der Waals surface area (Å²) < 4.78 is 10.9. The number of nitrogens with two attached hydrogens (primary N) is 1. The van der Waals surface area contributed by atoms with Crippen LogP contribution in [0.3, 0.4) is 0 Å². The summed E-state index contributed by atoms with van der Waals surface area (Å²) in [5.74, 6) is 2.05. The number of benzene rings is 1. The number of H-pyrrole nitrogens is 1. The lowest BCUT2D eigenvalue weighted by Gasteiger charge is -2.35. The molecule has 2 aromatic rings. The maximum atomic E-state index is 11.6. The summed E-state index contributed by atoms with van der Waals surface area (Å²) in [7, 11) is 3.22. The van der Waals surface area contributed by atoms with E-state index in [0.29, 0.717) is 28.9 Å². The highest BCUT2D eigenvalue weighted by Gasteiger charge is 2.21. The number of rotatable bonds is 5. The second-order valence-electron chi connectivity index (χ2n) is 6.05. The van der Waals surface area contributed by atoms with Crippen molar-refractivity contribution in [1.82, 2.24) is 14.9 Å². The summed E-state index contributed by atoms with van der Waals surface area (Å²) in [5, 5.41) is 0.611. The van der Waals surface area contributed by atoms with E-state index in [1.54, 1.807) is 20.3 Å². The summed E-state index contributed by atoms with van der Waals surface area (Å²) in [6, 6.07) is 5.11. The largest absolute Gasteiger partial charge is 0.493 e. The minimum absolute atomic E-state index is 0.130. The van der Waals surface area contributed by atoms with E-state index in [4.69, 9.17) is 26.8 Å². The predicted octanol–water partition coefficient (Wildman–Crippen LogP) is 1.34. The van der Waals surface area contributed by atoms with Gasteiger partial charge >= 0.3 is 0 Å². The molecule has 0 saturated carbocycles. The quantitative estimate of drug-likeness (QED) is 0.809. The molecule has 0 atom stereocenters. The smallest absolute Gasteiger partial charge is 0.254 e. The Kier molecular flexibility index (Phi) is 5.53. The summed E-state index contributed by atoms with van der Waals surface area (Å²) in [4.78, 5) is 22.6. The van der Waals surface area contributed by atoms with Gasteiger partial charge in [0.2, 0.25) is 5.95 Å². The van der Waals surface area contributed by atoms with Crippen LogP contribution in [0.25, 0.3) is 0 Å². The summed E-state index contributed by atoms with van der Waals surface area (Å²) in [5.41, 5.74) is 6.36. The van der Waals surface area contributed by atoms with Crippen LogP contribution in [0, 0.1) is 0 Å². The average Bonchev–Trinajstić information content (AvgIpc) is 2.61. The zero-order valence-corrected chi connectivity index (χ0v) is 15.5. The molecule has 0 unspecified atom stereocenters. The Morgan fingerprint density at radius 3 is 2.54 bits per heavy atom. The van der Waals surface area contributed by atoms with Crippen LogP contribution in [0.5, 0.6) is 11.5 Å². The van der Waals surface area contributed by atoms with E-state index in [-0.39, 0.29) is 11.5 Å². The van der Waals surface area contributed by atoms with Gasteiger partial charge in [-0.2, -0.15) is 4.98 Å². The number of nitrogens with zero attached hydrogens (tertiary/aromatic N) is 3. The number of nitrogen functional groups attached to an aromatic ring is 1. The number of methoxy groups -OCH3 is 2. The SMILES string of the molecule is COc1cc(Cl)cc(CN2CCN(c3cc(=O)[nH]c(N)n3)CC2)c1OC. The van der Waals surface area contributed by atoms with Crippen LogP contribution in [-0.2, 0) is 6.54 Å². The van der Waals surface area contributed by atoms with Crippen molar-refractivity contribution in [3.05, 3.63) is 39.1 Å². The Bertz CT molecular complexity index is 834. The van der Waals surface area contributed by atoms with Crippen molar-refractivity contribution in [3.63, 3.8) is 0 Å². The van der Waals surface area contributed by atoms with Crippen LogP contribution >= 0.6 is 11.6 Å². The third kappa shape index (κ3) is 4.03. The number of nitrogens with one attached hydrogen (secondary N) is 1. The first kappa shape index (κ1) is 18.3. The molecule has 0 bridgehead atoms. The second-order valence-corrected chi connectivity index (χ2v) is 6.49. The van der Waals surface area contributed by atoms with E-state index in [9.17, 15) is 4.79 Å². The van der Waals surface area contributed by atoms with E-state index < -0.39 is 0 Å². The van der Waals surface area contributed by atoms with Gasteiger partial charge in [0.05, 0.1) is 14.2 Å². The summed E-state index contributed by atoms with van der Waals surface area (Å²) in [6.45, 7) is 3.81. The highest BCUT2D eigenvalue weighted by Crippen LogP contribution is 2.35. The van der Waals surface area contributed by atoms with Crippen LogP contribution in [0.15, 0.2) is 23.0 Å². The van der Waals surface area contributed by atoms with Crippen molar-refractivity contribution < 1.29 is 9.47 Å². The maximum absolute atomic E-state index is 11.6. The zero-order valence-electron chi connectivity index (χ0n) is 14.8. The molecule has 1 fully saturated rings. The third-order valence-corrected chi connectivity index (χ3v) is 4.58. The van der Waals surface area contributed by atoms with Crippen molar-refractivity contribution in [3.8, 4) is 11.5 Å². The molecule has 1 aliphatic rings. The van der Waals surface area contributed by atoms with Gasteiger partial charge in [0, 0.05) is 55.4 Å². The highest BCUT2D eigenvalue weighted by atomic mass is 35.5. The van der Waals surface area contributed by atoms with E-state index >= 15 is 0 Å². The molecule has 26 heavy (non-hydrogen) atoms. The van der Waals surface area contributed by atoms with E-state index in [1.165, 1.54) is 6.07 Å². The monoisotopic (exact) mass is 379 g/mol. The predicted molar refractivity (Wildman–Crippen MR) is 101 cm³/mol. The van der Waals surface area contributed by atoms with Gasteiger partial charge in [-0.25, -0.2) is 0 Å². The average molecular weight is 380 g/mol. The number of hydrogen-bond acceptors (Lipinski definition) is 7. The van der Waals surface area contributed by atoms with E-state index in [0.717, 1.165) is 31.7 Å². The van der Waals surface area contributed by atoms with Crippen LogP contribution < -0.4 is 25.7 Å². The second kappa shape index (κ2) is 7.84. The first-order chi connectivity index (χ1) is 12.5. The minimum Gasteiger partial charge on any atom is -0.493 e. The van der Waals surface area contributed by atoms with Gasteiger partial charge in [0.1, 0.15) is 5.82 Å². The maximum Gasteiger partial charge on any atom is 0.254 e. The number of hydrogen-bond donors (Lipinski definition) is 2. The van der Waals surface area contributed by atoms with Crippen LogP contribution in [0.2, 0.25) is 5.02 Å². The molecule has 1 aromatic heterocycles. The molecule has 3 rings (SSSR count). The van der Waals surface area contributed by atoms with Crippen LogP contribution in [0.4, 0.5) is 11.8 Å². The molecule has 9 heteroatoms. The lowest BCUT2D eigenvalue weighted by atomic mass is 10.1. The van der Waals surface area contributed by atoms with Gasteiger partial charge in [0.25, 0.3) is 5.56 Å². The number of anilines is 2. The number of ether oxygens (including phenoxy) is 2. The summed E-state index contributed by atoms with van der Waals surface area (Å²) in [6.07, 6.45) is 0. The molecule has 0 radical (unpaired) electrons. The normalized spacial score (nSPS) is 15.1. The Hall–Kier alpha value is -2.45. The number of piperazine rings is 1. The van der Waals surface area contributed by atoms with E-state index in [2.05, 4.69) is 19.8 Å². The van der Waals surface area contributed by atoms with Gasteiger partial charge in [-0.15, -0.1) is 0 Å². The number of halogens is 1. The molecule has 1 aromatic carbocycles. The van der Waals surface area contributed by atoms with Crippen LogP contribution in [0.1, 0.15) is 5.56 Å². The molecule has 140 valence electrons. The zero-order chi connectivity index (χ0) is 18.7. The van der Waals surface area contributed by atoms with Gasteiger partial charge in [-0.1, -0.05) is 11.6 Å². The molecular weight excluding hydrogens is 358 g/mol. The fourth-order valence-corrected chi connectivity index (χ4v) is 3.36. The number of aromatic nitrogens is 2. The first-order valence-corrected chi connectivity index (χ1v) is 8.62. The standard InChI is InChI=1S/C17H22ClN5O3/c1-25-13-8-12(18)7-11(16(13)26-2)10-22-3-5-23(6-4-22)14-9-15(24)21-17(19)20-14/h7-9H,3-6,10H2,1-2H3,(H3,19,20,21,24). The Labute approximate surface area is 156 Å². The molecule has 2 heterocycles. The Morgan fingerprint density at radius 1 is 1.19 bits per heavy atom. The van der Waals surface area contributed by atoms with Gasteiger partial charge in [-0.3, -0.25) is 14.7 Å². The first-order valence-electron chi connectivity index (χ1n) is 8.24. The van der Waals surface area contributed by atoms with Crippen molar-refractivity contribution in [2.75, 3.05) is 51.0 Å². The topological polar surface area (TPSA) is 96.7 Å².